The van der Waals surface area contributed by atoms with Crippen LogP contribution in [0.2, 0.25) is 0 Å². The van der Waals surface area contributed by atoms with Gasteiger partial charge >= 0.3 is 5.63 Å². The number of thiazole rings is 1. The van der Waals surface area contributed by atoms with Gasteiger partial charge in [-0.15, -0.1) is 11.3 Å². The van der Waals surface area contributed by atoms with Gasteiger partial charge < -0.3 is 14.5 Å². The number of fused-ring (bicyclic) bond motifs is 1. The highest BCUT2D eigenvalue weighted by molar-refractivity contribution is 7.14. The minimum Gasteiger partial charge on any atom is -0.495 e. The zero-order chi connectivity index (χ0) is 18.1. The molecule has 2 heterocycles. The topological polar surface area (TPSA) is 64.4 Å². The van der Waals surface area contributed by atoms with E-state index in [0.29, 0.717) is 22.0 Å². The number of aromatic nitrogens is 1. The van der Waals surface area contributed by atoms with E-state index in [4.69, 9.17) is 9.15 Å². The van der Waals surface area contributed by atoms with Crippen LogP contribution in [0.5, 0.6) is 5.75 Å². The molecule has 0 atom stereocenters. The Morgan fingerprint density at radius 3 is 2.85 bits per heavy atom. The number of ether oxygens (including phenoxy) is 1. The average molecular weight is 364 g/mol. The maximum absolute atomic E-state index is 12.4. The number of methoxy groups -OCH3 is 1. The largest absolute Gasteiger partial charge is 0.495 e. The van der Waals surface area contributed by atoms with Crippen LogP contribution < -0.4 is 15.7 Å². The van der Waals surface area contributed by atoms with Crippen molar-refractivity contribution in [2.75, 3.05) is 12.4 Å². The summed E-state index contributed by atoms with van der Waals surface area (Å²) >= 11 is 1.42. The number of nitrogens with zero attached hydrogens (tertiary/aromatic N) is 1. The van der Waals surface area contributed by atoms with Crippen LogP contribution in [0.1, 0.15) is 5.56 Å². The molecule has 0 radical (unpaired) electrons. The molecule has 0 aliphatic heterocycles. The van der Waals surface area contributed by atoms with E-state index in [0.717, 1.165) is 22.4 Å². The van der Waals surface area contributed by atoms with Gasteiger partial charge in [0.15, 0.2) is 5.13 Å². The summed E-state index contributed by atoms with van der Waals surface area (Å²) in [7, 11) is 1.62. The van der Waals surface area contributed by atoms with Crippen molar-refractivity contribution in [1.29, 1.82) is 0 Å². The fourth-order valence-corrected chi connectivity index (χ4v) is 3.51. The lowest BCUT2D eigenvalue weighted by molar-refractivity contribution is 0.417. The SMILES string of the molecule is COc1ccccc1Nc1nc(-c2cc3cccc(C)c3oc2=O)cs1. The average Bonchev–Trinajstić information content (AvgIpc) is 3.11. The lowest BCUT2D eigenvalue weighted by Crippen LogP contribution is -2.03. The molecule has 0 aliphatic carbocycles. The van der Waals surface area contributed by atoms with Crippen LogP contribution in [-0.4, -0.2) is 12.1 Å². The van der Waals surface area contributed by atoms with Gasteiger partial charge in [-0.05, 0) is 30.7 Å². The van der Waals surface area contributed by atoms with Gasteiger partial charge in [0.25, 0.3) is 0 Å². The van der Waals surface area contributed by atoms with Crippen molar-refractivity contribution in [3.63, 3.8) is 0 Å². The first-order valence-electron chi connectivity index (χ1n) is 8.05. The Bertz CT molecular complexity index is 1150. The zero-order valence-electron chi connectivity index (χ0n) is 14.3. The number of benzene rings is 2. The van der Waals surface area contributed by atoms with Crippen molar-refractivity contribution in [1.82, 2.24) is 4.98 Å². The molecule has 0 amide bonds. The predicted octanol–water partition coefficient (Wildman–Crippen LogP) is 4.98. The Kier molecular flexibility index (Phi) is 4.18. The minimum atomic E-state index is -0.388. The molecule has 0 fully saturated rings. The Hall–Kier alpha value is -3.12. The molecule has 0 spiro atoms. The van der Waals surface area contributed by atoms with Crippen LogP contribution in [0.3, 0.4) is 0 Å². The molecule has 5 nitrogen and oxygen atoms in total. The highest BCUT2D eigenvalue weighted by atomic mass is 32.1. The van der Waals surface area contributed by atoms with Gasteiger partial charge in [-0.25, -0.2) is 9.78 Å². The monoisotopic (exact) mass is 364 g/mol. The first-order valence-corrected chi connectivity index (χ1v) is 8.93. The maximum Gasteiger partial charge on any atom is 0.345 e. The summed E-state index contributed by atoms with van der Waals surface area (Å²) in [5, 5.41) is 6.62. The number of rotatable bonds is 4. The third-order valence-corrected chi connectivity index (χ3v) is 4.84. The highest BCUT2D eigenvalue weighted by Crippen LogP contribution is 2.31. The molecule has 2 aromatic carbocycles. The Morgan fingerprint density at radius 2 is 2.00 bits per heavy atom. The minimum absolute atomic E-state index is 0.388. The van der Waals surface area contributed by atoms with Crippen LogP contribution in [0.4, 0.5) is 10.8 Å². The maximum atomic E-state index is 12.4. The number of para-hydroxylation sites is 3. The molecular formula is C20H16N2O3S. The van der Waals surface area contributed by atoms with E-state index >= 15 is 0 Å². The van der Waals surface area contributed by atoms with Crippen molar-refractivity contribution in [2.45, 2.75) is 6.92 Å². The first-order chi connectivity index (χ1) is 12.7. The van der Waals surface area contributed by atoms with Crippen molar-refractivity contribution in [3.05, 3.63) is 69.9 Å². The van der Waals surface area contributed by atoms with E-state index in [9.17, 15) is 4.79 Å². The molecule has 4 rings (SSSR count). The molecule has 4 aromatic rings. The molecule has 0 aliphatic rings. The van der Waals surface area contributed by atoms with E-state index in [1.165, 1.54) is 11.3 Å². The van der Waals surface area contributed by atoms with Gasteiger partial charge in [0.1, 0.15) is 11.3 Å². The fraction of sp³-hybridized carbons (Fsp3) is 0.100. The third-order valence-electron chi connectivity index (χ3n) is 4.09. The van der Waals surface area contributed by atoms with Gasteiger partial charge in [-0.1, -0.05) is 30.3 Å². The molecule has 130 valence electrons. The lowest BCUT2D eigenvalue weighted by atomic mass is 10.1. The molecule has 0 unspecified atom stereocenters. The molecule has 0 saturated heterocycles. The summed E-state index contributed by atoms with van der Waals surface area (Å²) in [5.41, 5.74) is 3.02. The van der Waals surface area contributed by atoms with E-state index in [2.05, 4.69) is 10.3 Å². The van der Waals surface area contributed by atoms with Gasteiger partial charge in [0, 0.05) is 10.8 Å². The number of aryl methyl sites for hydroxylation is 1. The predicted molar refractivity (Wildman–Crippen MR) is 105 cm³/mol. The van der Waals surface area contributed by atoms with E-state index < -0.39 is 0 Å². The molecule has 2 aromatic heterocycles. The number of nitrogens with one attached hydrogen (secondary N) is 1. The van der Waals surface area contributed by atoms with Crippen LogP contribution in [0, 0.1) is 6.92 Å². The van der Waals surface area contributed by atoms with Crippen LogP contribution >= 0.6 is 11.3 Å². The summed E-state index contributed by atoms with van der Waals surface area (Å²) < 4.78 is 10.8. The summed E-state index contributed by atoms with van der Waals surface area (Å²) in [6, 6.07) is 15.2. The summed E-state index contributed by atoms with van der Waals surface area (Å²) in [4.78, 5) is 16.9. The molecule has 6 heteroatoms. The third kappa shape index (κ3) is 2.95. The lowest BCUT2D eigenvalue weighted by Gasteiger charge is -2.08. The van der Waals surface area contributed by atoms with E-state index in [-0.39, 0.29) is 5.63 Å². The molecule has 0 bridgehead atoms. The standard InChI is InChI=1S/C20H16N2O3S/c1-12-6-5-7-13-10-14(19(23)25-18(12)13)16-11-26-20(22-16)21-15-8-3-4-9-17(15)24-2/h3-11H,1-2H3,(H,21,22). The highest BCUT2D eigenvalue weighted by Gasteiger charge is 2.13. The molecule has 26 heavy (non-hydrogen) atoms. The Morgan fingerprint density at radius 1 is 1.15 bits per heavy atom. The smallest absolute Gasteiger partial charge is 0.345 e. The van der Waals surface area contributed by atoms with E-state index in [1.54, 1.807) is 7.11 Å². The van der Waals surface area contributed by atoms with Crippen molar-refractivity contribution >= 4 is 33.1 Å². The summed E-state index contributed by atoms with van der Waals surface area (Å²) in [5.74, 6) is 0.727. The van der Waals surface area contributed by atoms with Gasteiger partial charge in [-0.3, -0.25) is 0 Å². The van der Waals surface area contributed by atoms with Gasteiger partial charge in [0.2, 0.25) is 0 Å². The Labute approximate surface area is 153 Å². The van der Waals surface area contributed by atoms with Crippen LogP contribution in [-0.2, 0) is 0 Å². The van der Waals surface area contributed by atoms with Crippen LogP contribution in [0.15, 0.2) is 63.1 Å². The number of hydrogen-bond acceptors (Lipinski definition) is 6. The van der Waals surface area contributed by atoms with Crippen molar-refractivity contribution in [2.24, 2.45) is 0 Å². The Balaban J connectivity index is 1.71. The first kappa shape index (κ1) is 16.4. The van der Waals surface area contributed by atoms with Gasteiger partial charge in [-0.2, -0.15) is 0 Å². The van der Waals surface area contributed by atoms with Gasteiger partial charge in [0.05, 0.1) is 24.1 Å². The quantitative estimate of drug-likeness (QED) is 0.518. The van der Waals surface area contributed by atoms with E-state index in [1.807, 2.05) is 60.8 Å². The molecule has 1 N–H and O–H groups in total. The molecular weight excluding hydrogens is 348 g/mol. The number of hydrogen-bond donors (Lipinski definition) is 1. The summed E-state index contributed by atoms with van der Waals surface area (Å²) in [6.07, 6.45) is 0. The molecule has 0 saturated carbocycles. The van der Waals surface area contributed by atoms with Crippen LogP contribution in [0.25, 0.3) is 22.2 Å². The second kappa shape index (κ2) is 6.65. The second-order valence-electron chi connectivity index (χ2n) is 5.80. The normalized spacial score (nSPS) is 10.8. The second-order valence-corrected chi connectivity index (χ2v) is 6.66. The zero-order valence-corrected chi connectivity index (χ0v) is 15.1. The fourth-order valence-electron chi connectivity index (χ4n) is 2.79. The summed E-state index contributed by atoms with van der Waals surface area (Å²) in [6.45, 7) is 1.92. The van der Waals surface area contributed by atoms with Crippen molar-refractivity contribution in [3.8, 4) is 17.0 Å². The van der Waals surface area contributed by atoms with Crippen molar-refractivity contribution < 1.29 is 9.15 Å². The number of anilines is 2.